The van der Waals surface area contributed by atoms with Crippen LogP contribution in [0, 0.1) is 10.1 Å². The summed E-state index contributed by atoms with van der Waals surface area (Å²) in [4.78, 5) is 10.1. The lowest BCUT2D eigenvalue weighted by Crippen LogP contribution is -2.15. The van der Waals surface area contributed by atoms with Gasteiger partial charge in [0.05, 0.1) is 16.8 Å². The molecule has 0 heterocycles. The van der Waals surface area contributed by atoms with Gasteiger partial charge in [0.15, 0.2) is 0 Å². The number of nitrogens with zero attached hydrogens (tertiary/aromatic N) is 2. The smallest absolute Gasteiger partial charge is 0.270 e. The Morgan fingerprint density at radius 3 is 2.34 bits per heavy atom. The molecule has 0 unspecified atom stereocenters. The molecule has 3 rings (SSSR count). The number of non-ortho nitro benzene ring substituents is 1. The van der Waals surface area contributed by atoms with Gasteiger partial charge in [-0.15, -0.1) is 0 Å². The van der Waals surface area contributed by atoms with Crippen molar-refractivity contribution in [2.45, 2.75) is 4.90 Å². The van der Waals surface area contributed by atoms with Crippen molar-refractivity contribution in [2.24, 2.45) is 5.10 Å². The quantitative estimate of drug-likeness (QED) is 0.325. The van der Waals surface area contributed by atoms with E-state index in [9.17, 15) is 18.5 Å². The van der Waals surface area contributed by atoms with Crippen LogP contribution in [0.1, 0.15) is 5.56 Å². The number of hydrogen-bond acceptors (Lipinski definition) is 6. The van der Waals surface area contributed by atoms with E-state index in [4.69, 9.17) is 11.6 Å². The van der Waals surface area contributed by atoms with E-state index in [1.165, 1.54) is 42.6 Å². The number of sulfonamides is 1. The van der Waals surface area contributed by atoms with Gasteiger partial charge in [-0.25, -0.2) is 8.42 Å². The van der Waals surface area contributed by atoms with Crippen LogP contribution in [0.2, 0.25) is 5.02 Å². The second-order valence-corrected chi connectivity index (χ2v) is 7.92. The van der Waals surface area contributed by atoms with Crippen LogP contribution in [0.4, 0.5) is 17.1 Å². The van der Waals surface area contributed by atoms with Crippen molar-refractivity contribution in [3.63, 3.8) is 0 Å². The highest BCUT2D eigenvalue weighted by molar-refractivity contribution is 7.92. The van der Waals surface area contributed by atoms with E-state index in [0.717, 1.165) is 11.6 Å². The highest BCUT2D eigenvalue weighted by Crippen LogP contribution is 2.28. The van der Waals surface area contributed by atoms with Crippen molar-refractivity contribution in [3.05, 3.63) is 93.5 Å². The maximum atomic E-state index is 12.9. The molecule has 0 aromatic heterocycles. The van der Waals surface area contributed by atoms with Gasteiger partial charge in [0, 0.05) is 22.8 Å². The summed E-state index contributed by atoms with van der Waals surface area (Å²) in [6.07, 6.45) is 1.50. The molecule has 2 N–H and O–H groups in total. The number of anilines is 2. The number of hydrogen-bond donors (Lipinski definition) is 2. The third-order valence-electron chi connectivity index (χ3n) is 3.76. The number of hydrazone groups is 1. The second kappa shape index (κ2) is 8.72. The molecule has 0 aliphatic heterocycles. The SMILES string of the molecule is O=[N+]([O-])c1ccc(N/N=C/c2ccccc2)c(S(=O)(=O)Nc2ccc(Cl)cc2)c1. The highest BCUT2D eigenvalue weighted by Gasteiger charge is 2.22. The van der Waals surface area contributed by atoms with Crippen LogP contribution in [-0.2, 0) is 10.0 Å². The number of benzene rings is 3. The van der Waals surface area contributed by atoms with Crippen molar-refractivity contribution < 1.29 is 13.3 Å². The molecule has 148 valence electrons. The highest BCUT2D eigenvalue weighted by atomic mass is 35.5. The van der Waals surface area contributed by atoms with Crippen LogP contribution in [-0.4, -0.2) is 19.6 Å². The Balaban J connectivity index is 1.93. The molecule has 0 saturated heterocycles. The Morgan fingerprint density at radius 1 is 1.00 bits per heavy atom. The minimum absolute atomic E-state index is 0.0873. The topological polar surface area (TPSA) is 114 Å². The first kappa shape index (κ1) is 20.3. The summed E-state index contributed by atoms with van der Waals surface area (Å²) in [7, 11) is -4.14. The number of nitro groups is 1. The van der Waals surface area contributed by atoms with Crippen LogP contribution in [0.5, 0.6) is 0 Å². The van der Waals surface area contributed by atoms with E-state index in [2.05, 4.69) is 15.2 Å². The molecule has 3 aromatic rings. The first-order valence-electron chi connectivity index (χ1n) is 8.26. The number of nitro benzene ring substituents is 1. The lowest BCUT2D eigenvalue weighted by molar-refractivity contribution is -0.385. The minimum atomic E-state index is -4.14. The fourth-order valence-electron chi connectivity index (χ4n) is 2.38. The van der Waals surface area contributed by atoms with E-state index in [-0.39, 0.29) is 22.0 Å². The normalized spacial score (nSPS) is 11.3. The van der Waals surface area contributed by atoms with Gasteiger partial charge in [0.1, 0.15) is 4.90 Å². The molecule has 0 radical (unpaired) electrons. The predicted octanol–water partition coefficient (Wildman–Crippen LogP) is 4.50. The Morgan fingerprint density at radius 2 is 1.69 bits per heavy atom. The molecule has 0 aliphatic carbocycles. The Hall–Kier alpha value is -3.43. The largest absolute Gasteiger partial charge is 0.280 e. The van der Waals surface area contributed by atoms with Gasteiger partial charge in [-0.2, -0.15) is 5.10 Å². The minimum Gasteiger partial charge on any atom is -0.280 e. The first-order valence-corrected chi connectivity index (χ1v) is 10.1. The molecule has 10 heteroatoms. The zero-order chi connectivity index (χ0) is 20.9. The third-order valence-corrected chi connectivity index (χ3v) is 5.43. The summed E-state index contributed by atoms with van der Waals surface area (Å²) < 4.78 is 28.1. The average Bonchev–Trinajstić information content (AvgIpc) is 2.70. The lowest BCUT2D eigenvalue weighted by Gasteiger charge is -2.12. The van der Waals surface area contributed by atoms with Gasteiger partial charge < -0.3 is 0 Å². The van der Waals surface area contributed by atoms with E-state index in [1.54, 1.807) is 0 Å². The maximum absolute atomic E-state index is 12.9. The monoisotopic (exact) mass is 430 g/mol. The maximum Gasteiger partial charge on any atom is 0.270 e. The molecular weight excluding hydrogens is 416 g/mol. The number of halogens is 1. The van der Waals surface area contributed by atoms with Gasteiger partial charge in [0.25, 0.3) is 15.7 Å². The van der Waals surface area contributed by atoms with Crippen molar-refractivity contribution in [1.29, 1.82) is 0 Å². The lowest BCUT2D eigenvalue weighted by atomic mass is 10.2. The summed E-state index contributed by atoms with van der Waals surface area (Å²) >= 11 is 5.81. The molecule has 0 aliphatic rings. The Kier molecular flexibility index (Phi) is 6.10. The van der Waals surface area contributed by atoms with Crippen molar-refractivity contribution in [1.82, 2.24) is 0 Å². The van der Waals surface area contributed by atoms with Crippen LogP contribution in [0.3, 0.4) is 0 Å². The molecule has 0 amide bonds. The predicted molar refractivity (Wildman–Crippen MR) is 113 cm³/mol. The molecule has 0 fully saturated rings. The summed E-state index contributed by atoms with van der Waals surface area (Å²) in [5.41, 5.74) is 3.42. The molecule has 0 saturated carbocycles. The van der Waals surface area contributed by atoms with Crippen molar-refractivity contribution in [2.75, 3.05) is 10.1 Å². The standard InChI is InChI=1S/C19H15ClN4O4S/c20-15-6-8-16(9-7-15)23-29(27,28)19-12-17(24(25)26)10-11-18(19)22-21-13-14-4-2-1-3-5-14/h1-13,22-23H/b21-13+. The zero-order valence-electron chi connectivity index (χ0n) is 14.8. The second-order valence-electron chi connectivity index (χ2n) is 5.83. The first-order chi connectivity index (χ1) is 13.8. The summed E-state index contributed by atoms with van der Waals surface area (Å²) in [5, 5.41) is 15.6. The number of rotatable bonds is 7. The molecule has 0 atom stereocenters. The van der Waals surface area contributed by atoms with E-state index in [0.29, 0.717) is 5.02 Å². The molecule has 8 nitrogen and oxygen atoms in total. The van der Waals surface area contributed by atoms with Gasteiger partial charge in [-0.1, -0.05) is 41.9 Å². The van der Waals surface area contributed by atoms with E-state index < -0.39 is 14.9 Å². The molecule has 29 heavy (non-hydrogen) atoms. The van der Waals surface area contributed by atoms with Crippen molar-refractivity contribution >= 4 is 44.9 Å². The Labute approximate surface area is 172 Å². The van der Waals surface area contributed by atoms with Crippen LogP contribution in [0.15, 0.2) is 82.8 Å². The van der Waals surface area contributed by atoms with Gasteiger partial charge in [-0.05, 0) is 35.9 Å². The molecule has 0 bridgehead atoms. The summed E-state index contributed by atoms with van der Waals surface area (Å²) in [5.74, 6) is 0. The fourth-order valence-corrected chi connectivity index (χ4v) is 3.74. The van der Waals surface area contributed by atoms with Crippen LogP contribution < -0.4 is 10.1 Å². The van der Waals surface area contributed by atoms with Crippen LogP contribution in [0.25, 0.3) is 0 Å². The van der Waals surface area contributed by atoms with E-state index in [1.807, 2.05) is 30.3 Å². The van der Waals surface area contributed by atoms with Crippen molar-refractivity contribution in [3.8, 4) is 0 Å². The zero-order valence-corrected chi connectivity index (χ0v) is 16.4. The molecule has 0 spiro atoms. The summed E-state index contributed by atoms with van der Waals surface area (Å²) in [6.45, 7) is 0. The molecular formula is C19H15ClN4O4S. The van der Waals surface area contributed by atoms with Crippen LogP contribution >= 0.6 is 11.6 Å². The van der Waals surface area contributed by atoms with Gasteiger partial charge in [0.2, 0.25) is 0 Å². The third kappa shape index (κ3) is 5.31. The number of nitrogens with one attached hydrogen (secondary N) is 2. The fraction of sp³-hybridized carbons (Fsp3) is 0. The van der Waals surface area contributed by atoms with Gasteiger partial charge in [-0.3, -0.25) is 20.3 Å². The van der Waals surface area contributed by atoms with E-state index >= 15 is 0 Å². The summed E-state index contributed by atoms with van der Waals surface area (Å²) in [6, 6.07) is 18.6. The van der Waals surface area contributed by atoms with Gasteiger partial charge >= 0.3 is 0 Å². The molecule has 3 aromatic carbocycles. The average molecular weight is 431 g/mol. The Bertz CT molecular complexity index is 1150.